The number of aliphatic carboxylic acids is 1. The molecule has 0 heterocycles. The van der Waals surface area contributed by atoms with Crippen LogP contribution in [-0.4, -0.2) is 16.7 Å². The van der Waals surface area contributed by atoms with Crippen LogP contribution in [-0.2, 0) is 27.2 Å². The molecule has 0 aliphatic heterocycles. The van der Waals surface area contributed by atoms with E-state index >= 15 is 0 Å². The second-order valence-corrected chi connectivity index (χ2v) is 5.75. The summed E-state index contributed by atoms with van der Waals surface area (Å²) in [4.78, 5) is 11.2. The summed E-state index contributed by atoms with van der Waals surface area (Å²) in [6.45, 7) is 0. The van der Waals surface area contributed by atoms with E-state index in [0.29, 0.717) is 18.3 Å². The summed E-state index contributed by atoms with van der Waals surface area (Å²) in [6, 6.07) is 0. The fourth-order valence-corrected chi connectivity index (χ4v) is 4.45. The number of carboxylic acid groups (broad SMARTS) is 1. The fourth-order valence-electron chi connectivity index (χ4n) is 4.45. The molecule has 0 aromatic rings. The average Bonchev–Trinajstić information content (AvgIpc) is 1.98. The van der Waals surface area contributed by atoms with Gasteiger partial charge in [0.25, 0.3) is 0 Å². The Morgan fingerprint density at radius 2 is 1.73 bits per heavy atom. The third-order valence-corrected chi connectivity index (χ3v) is 4.46. The van der Waals surface area contributed by atoms with Crippen LogP contribution in [0, 0.1) is 17.3 Å². The smallest absolute Gasteiger partial charge is 0.550 e. The van der Waals surface area contributed by atoms with Crippen LogP contribution in [0.15, 0.2) is 0 Å². The molecule has 0 aromatic heterocycles. The van der Waals surface area contributed by atoms with E-state index in [1.54, 1.807) is 0 Å². The van der Waals surface area contributed by atoms with Crippen molar-refractivity contribution in [3.8, 4) is 0 Å². The first-order valence-electron chi connectivity index (χ1n) is 5.45. The largest absolute Gasteiger partial charge is 1.00 e. The molecule has 0 amide bonds. The summed E-state index contributed by atoms with van der Waals surface area (Å²) in [5.41, 5.74) is -1.36. The van der Waals surface area contributed by atoms with Crippen LogP contribution >= 0.6 is 0 Å². The predicted octanol–water partition coefficient (Wildman–Crippen LogP) is 0.0651. The Hall–Kier alpha value is 0.170. The molecule has 0 radical (unpaired) electrons. The molecule has 0 saturated heterocycles. The van der Waals surface area contributed by atoms with E-state index in [0.717, 1.165) is 32.1 Å². The summed E-state index contributed by atoms with van der Waals surface area (Å²) >= 11 is 0. The quantitative estimate of drug-likeness (QED) is 0.697. The molecule has 2 atom stereocenters. The predicted molar refractivity (Wildman–Crippen MR) is 47.1 cm³/mol. The van der Waals surface area contributed by atoms with Gasteiger partial charge in [0.1, 0.15) is 0 Å². The van der Waals surface area contributed by atoms with Gasteiger partial charge >= 0.3 is 22.4 Å². The van der Waals surface area contributed by atoms with Gasteiger partial charge < -0.3 is 15.0 Å². The fraction of sp³-hybridized carbons (Fsp3) is 0.909. The summed E-state index contributed by atoms with van der Waals surface area (Å²) in [7, 11) is 0. The number of hydrogen-bond donors (Lipinski definition) is 1. The molecule has 4 rings (SSSR count). The normalized spacial score (nSPS) is 51.3. The van der Waals surface area contributed by atoms with Gasteiger partial charge in [-0.25, -0.2) is 0 Å². The number of carboxylic acids is 1. The minimum Gasteiger partial charge on any atom is -0.550 e. The van der Waals surface area contributed by atoms with Crippen molar-refractivity contribution in [2.24, 2.45) is 17.3 Å². The Kier molecular flexibility index (Phi) is 2.59. The third kappa shape index (κ3) is 1.60. The first-order valence-corrected chi connectivity index (χ1v) is 5.45. The first-order chi connectivity index (χ1) is 6.51. The van der Waals surface area contributed by atoms with Crippen molar-refractivity contribution in [3.63, 3.8) is 0 Å². The van der Waals surface area contributed by atoms with Gasteiger partial charge in [-0.1, -0.05) is 0 Å². The van der Waals surface area contributed by atoms with Crippen molar-refractivity contribution in [3.05, 3.63) is 0 Å². The molecule has 2 unspecified atom stereocenters. The standard InChI is InChI=1S/C11H16O3.Ag/c12-9(13)10-2-7-1-8(3-10)5-11(14,4-7)6-10;/h7-8,14H,1-6H2,(H,12,13);/q;+1/p-1. The molecule has 0 spiro atoms. The minimum absolute atomic E-state index is 0. The van der Waals surface area contributed by atoms with Crippen LogP contribution in [0.25, 0.3) is 0 Å². The Balaban J connectivity index is 0.000000853. The molecule has 15 heavy (non-hydrogen) atoms. The Labute approximate surface area is 105 Å². The van der Waals surface area contributed by atoms with Crippen molar-refractivity contribution in [1.29, 1.82) is 0 Å². The van der Waals surface area contributed by atoms with Crippen LogP contribution in [0.4, 0.5) is 0 Å². The maximum absolute atomic E-state index is 11.2. The van der Waals surface area contributed by atoms with Crippen LogP contribution in [0.1, 0.15) is 38.5 Å². The summed E-state index contributed by atoms with van der Waals surface area (Å²) in [6.07, 6.45) is 4.69. The summed E-state index contributed by atoms with van der Waals surface area (Å²) in [5, 5.41) is 21.4. The van der Waals surface area contributed by atoms with Crippen molar-refractivity contribution in [2.75, 3.05) is 0 Å². The molecule has 4 heteroatoms. The zero-order valence-electron chi connectivity index (χ0n) is 8.46. The van der Waals surface area contributed by atoms with E-state index < -0.39 is 17.0 Å². The molecule has 3 nitrogen and oxygen atoms in total. The number of hydrogen-bond acceptors (Lipinski definition) is 3. The van der Waals surface area contributed by atoms with E-state index in [2.05, 4.69) is 0 Å². The Morgan fingerprint density at radius 1 is 1.20 bits per heavy atom. The minimum atomic E-state index is -0.926. The molecular formula is C11H15AgO3. The van der Waals surface area contributed by atoms with E-state index in [-0.39, 0.29) is 22.4 Å². The summed E-state index contributed by atoms with van der Waals surface area (Å²) < 4.78 is 0. The van der Waals surface area contributed by atoms with E-state index in [9.17, 15) is 15.0 Å². The number of rotatable bonds is 1. The first kappa shape index (κ1) is 11.6. The molecular weight excluding hydrogens is 288 g/mol. The molecule has 0 aromatic carbocycles. The van der Waals surface area contributed by atoms with E-state index in [1.165, 1.54) is 0 Å². The van der Waals surface area contributed by atoms with Crippen molar-refractivity contribution in [2.45, 2.75) is 44.1 Å². The molecule has 88 valence electrons. The second-order valence-electron chi connectivity index (χ2n) is 5.75. The van der Waals surface area contributed by atoms with Crippen LogP contribution in [0.2, 0.25) is 0 Å². The van der Waals surface area contributed by atoms with Gasteiger partial charge in [-0.2, -0.15) is 0 Å². The van der Waals surface area contributed by atoms with Gasteiger partial charge in [0.05, 0.1) is 5.60 Å². The van der Waals surface area contributed by atoms with Crippen molar-refractivity contribution >= 4 is 5.97 Å². The summed E-state index contributed by atoms with van der Waals surface area (Å²) in [5.74, 6) is -0.0664. The topological polar surface area (TPSA) is 60.4 Å². The zero-order valence-corrected chi connectivity index (χ0v) is 9.94. The molecule has 4 fully saturated rings. The molecule has 4 saturated carbocycles. The van der Waals surface area contributed by atoms with Gasteiger partial charge in [-0.15, -0.1) is 0 Å². The molecule has 4 aliphatic rings. The van der Waals surface area contributed by atoms with E-state index in [4.69, 9.17) is 0 Å². The van der Waals surface area contributed by atoms with Crippen LogP contribution < -0.4 is 5.11 Å². The number of carbonyl (C=O) groups excluding carboxylic acids is 1. The monoisotopic (exact) mass is 302 g/mol. The van der Waals surface area contributed by atoms with Crippen molar-refractivity contribution in [1.82, 2.24) is 0 Å². The molecule has 4 bridgehead atoms. The van der Waals surface area contributed by atoms with Gasteiger partial charge in [0.2, 0.25) is 0 Å². The number of aliphatic hydroxyl groups is 1. The van der Waals surface area contributed by atoms with Gasteiger partial charge in [0.15, 0.2) is 0 Å². The van der Waals surface area contributed by atoms with Gasteiger partial charge in [-0.05, 0) is 50.4 Å². The second kappa shape index (κ2) is 3.33. The third-order valence-electron chi connectivity index (χ3n) is 4.46. The van der Waals surface area contributed by atoms with Gasteiger partial charge in [-0.3, -0.25) is 0 Å². The molecule has 1 N–H and O–H groups in total. The maximum atomic E-state index is 11.2. The van der Waals surface area contributed by atoms with Crippen LogP contribution in [0.3, 0.4) is 0 Å². The SMILES string of the molecule is O=C([O-])C12CC3CC(CC(O)(C3)C1)C2.[Ag+]. The Bertz CT molecular complexity index is 288. The van der Waals surface area contributed by atoms with Gasteiger partial charge in [0, 0.05) is 11.4 Å². The van der Waals surface area contributed by atoms with Crippen LogP contribution in [0.5, 0.6) is 0 Å². The van der Waals surface area contributed by atoms with E-state index in [1.807, 2.05) is 0 Å². The maximum Gasteiger partial charge on any atom is 1.00 e. The van der Waals surface area contributed by atoms with Crippen molar-refractivity contribution < 1.29 is 37.4 Å². The zero-order chi connectivity index (χ0) is 9.97. The Morgan fingerprint density at radius 3 is 2.13 bits per heavy atom. The average molecular weight is 303 g/mol. The molecule has 4 aliphatic carbocycles. The number of carbonyl (C=O) groups is 1.